The van der Waals surface area contributed by atoms with Crippen molar-refractivity contribution in [2.45, 2.75) is 38.3 Å². The Hall–Kier alpha value is -3.13. The number of pyridine rings is 1. The molecule has 3 aliphatic heterocycles. The van der Waals surface area contributed by atoms with Crippen LogP contribution in [0.5, 0.6) is 0 Å². The largest absolute Gasteiger partial charge is 0.353 e. The molecule has 0 spiro atoms. The van der Waals surface area contributed by atoms with Gasteiger partial charge in [0, 0.05) is 51.8 Å². The normalized spacial score (nSPS) is 22.2. The standard InChI is InChI=1S/C25H28ClN5O3/c1-25-11-10-23(33)31(25)20-6-3-2-5-19(20)24(34)30(25)12-4-7-22(32)29-15-13-28(14-16-29)21-9-8-18(26)17-27-21/h2-3,5-6,8-9,17H,4,7,10-16H2,1H3. The highest BCUT2D eigenvalue weighted by Gasteiger charge is 2.52. The van der Waals surface area contributed by atoms with Crippen molar-refractivity contribution in [2.24, 2.45) is 0 Å². The number of benzene rings is 1. The third-order valence-corrected chi connectivity index (χ3v) is 7.41. The van der Waals surface area contributed by atoms with Crippen LogP contribution in [0.1, 0.15) is 43.0 Å². The van der Waals surface area contributed by atoms with Crippen LogP contribution >= 0.6 is 11.6 Å². The summed E-state index contributed by atoms with van der Waals surface area (Å²) in [5.41, 5.74) is 0.564. The van der Waals surface area contributed by atoms with Crippen LogP contribution < -0.4 is 9.80 Å². The SMILES string of the molecule is CC12CCC(=O)N1c1ccccc1C(=O)N2CCCC(=O)N1CCN(c2ccc(Cl)cn2)CC1. The first-order chi connectivity index (χ1) is 16.4. The molecule has 3 amide bonds. The molecule has 2 saturated heterocycles. The molecule has 4 heterocycles. The first kappa shape index (κ1) is 22.7. The molecule has 2 aromatic rings. The lowest BCUT2D eigenvalue weighted by Crippen LogP contribution is -2.62. The number of carbonyl (C=O) groups is 3. The topological polar surface area (TPSA) is 77.1 Å². The Morgan fingerprint density at radius 2 is 1.85 bits per heavy atom. The summed E-state index contributed by atoms with van der Waals surface area (Å²) in [7, 11) is 0. The van der Waals surface area contributed by atoms with E-state index in [2.05, 4.69) is 9.88 Å². The van der Waals surface area contributed by atoms with Gasteiger partial charge in [-0.1, -0.05) is 23.7 Å². The highest BCUT2D eigenvalue weighted by Crippen LogP contribution is 2.44. The minimum Gasteiger partial charge on any atom is -0.353 e. The second-order valence-electron chi connectivity index (χ2n) is 9.23. The average Bonchev–Trinajstić information content (AvgIpc) is 3.16. The van der Waals surface area contributed by atoms with Crippen molar-refractivity contribution in [3.05, 3.63) is 53.2 Å². The van der Waals surface area contributed by atoms with Gasteiger partial charge in [-0.2, -0.15) is 0 Å². The van der Waals surface area contributed by atoms with Crippen molar-refractivity contribution in [3.63, 3.8) is 0 Å². The molecule has 0 saturated carbocycles. The van der Waals surface area contributed by atoms with Crippen LogP contribution in [0.15, 0.2) is 42.6 Å². The van der Waals surface area contributed by atoms with Gasteiger partial charge in [0.15, 0.2) is 0 Å². The fourth-order valence-corrected chi connectivity index (χ4v) is 5.44. The average molecular weight is 482 g/mol. The molecule has 8 nitrogen and oxygen atoms in total. The lowest BCUT2D eigenvalue weighted by atomic mass is 9.98. The van der Waals surface area contributed by atoms with Gasteiger partial charge < -0.3 is 14.7 Å². The highest BCUT2D eigenvalue weighted by atomic mass is 35.5. The van der Waals surface area contributed by atoms with E-state index in [1.54, 1.807) is 22.1 Å². The quantitative estimate of drug-likeness (QED) is 0.655. The minimum atomic E-state index is -0.678. The fourth-order valence-electron chi connectivity index (χ4n) is 5.33. The number of hydrogen-bond donors (Lipinski definition) is 0. The number of hydrogen-bond acceptors (Lipinski definition) is 5. The van der Waals surface area contributed by atoms with Gasteiger partial charge in [-0.3, -0.25) is 19.3 Å². The van der Waals surface area contributed by atoms with Crippen LogP contribution in [0.3, 0.4) is 0 Å². The van der Waals surface area contributed by atoms with Crippen molar-refractivity contribution >= 4 is 40.8 Å². The Morgan fingerprint density at radius 3 is 2.59 bits per heavy atom. The van der Waals surface area contributed by atoms with Crippen molar-refractivity contribution in [1.82, 2.24) is 14.8 Å². The van der Waals surface area contributed by atoms with E-state index in [-0.39, 0.29) is 17.7 Å². The molecule has 9 heteroatoms. The molecule has 1 aromatic heterocycles. The number of anilines is 2. The Kier molecular flexibility index (Phi) is 5.93. The summed E-state index contributed by atoms with van der Waals surface area (Å²) in [6.07, 6.45) is 3.58. The summed E-state index contributed by atoms with van der Waals surface area (Å²) in [6, 6.07) is 11.0. The van der Waals surface area contributed by atoms with Gasteiger partial charge in [-0.05, 0) is 44.0 Å². The Bertz CT molecular complexity index is 1120. The number of para-hydroxylation sites is 1. The number of amides is 3. The van der Waals surface area contributed by atoms with E-state index >= 15 is 0 Å². The zero-order valence-corrected chi connectivity index (χ0v) is 20.0. The fraction of sp³-hybridized carbons (Fsp3) is 0.440. The van der Waals surface area contributed by atoms with E-state index in [1.807, 2.05) is 42.2 Å². The number of piperazine rings is 1. The molecule has 1 unspecified atom stereocenters. The summed E-state index contributed by atoms with van der Waals surface area (Å²) in [5.74, 6) is 0.930. The maximum absolute atomic E-state index is 13.3. The first-order valence-corrected chi connectivity index (χ1v) is 12.1. The molecular formula is C25H28ClN5O3. The van der Waals surface area contributed by atoms with Gasteiger partial charge >= 0.3 is 0 Å². The van der Waals surface area contributed by atoms with Crippen molar-refractivity contribution < 1.29 is 14.4 Å². The third-order valence-electron chi connectivity index (χ3n) is 7.19. The molecule has 34 heavy (non-hydrogen) atoms. The summed E-state index contributed by atoms with van der Waals surface area (Å²) in [5, 5.41) is 0.604. The molecule has 178 valence electrons. The molecule has 0 radical (unpaired) electrons. The van der Waals surface area contributed by atoms with Crippen LogP contribution in [0.4, 0.5) is 11.5 Å². The van der Waals surface area contributed by atoms with E-state index in [0.29, 0.717) is 61.6 Å². The lowest BCUT2D eigenvalue weighted by molar-refractivity contribution is -0.131. The van der Waals surface area contributed by atoms with E-state index in [0.717, 1.165) is 18.9 Å². The smallest absolute Gasteiger partial charge is 0.257 e. The summed E-state index contributed by atoms with van der Waals surface area (Å²) < 4.78 is 0. The van der Waals surface area contributed by atoms with E-state index in [9.17, 15) is 14.4 Å². The van der Waals surface area contributed by atoms with Crippen molar-refractivity contribution in [3.8, 4) is 0 Å². The van der Waals surface area contributed by atoms with Gasteiger partial charge in [0.05, 0.1) is 16.3 Å². The zero-order valence-electron chi connectivity index (χ0n) is 19.2. The summed E-state index contributed by atoms with van der Waals surface area (Å²) in [4.78, 5) is 50.8. The number of fused-ring (bicyclic) bond motifs is 3. The van der Waals surface area contributed by atoms with Gasteiger partial charge in [0.1, 0.15) is 11.5 Å². The number of rotatable bonds is 5. The van der Waals surface area contributed by atoms with Gasteiger partial charge in [0.25, 0.3) is 5.91 Å². The van der Waals surface area contributed by atoms with E-state index < -0.39 is 5.66 Å². The third kappa shape index (κ3) is 3.90. The van der Waals surface area contributed by atoms with Gasteiger partial charge in [0.2, 0.25) is 11.8 Å². The number of aromatic nitrogens is 1. The van der Waals surface area contributed by atoms with E-state index in [1.165, 1.54) is 0 Å². The molecule has 0 bridgehead atoms. The highest BCUT2D eigenvalue weighted by molar-refractivity contribution is 6.30. The molecule has 0 N–H and O–H groups in total. The lowest BCUT2D eigenvalue weighted by Gasteiger charge is -2.48. The molecule has 3 aliphatic rings. The Balaban J connectivity index is 1.19. The second kappa shape index (κ2) is 8.91. The summed E-state index contributed by atoms with van der Waals surface area (Å²) in [6.45, 7) is 5.11. The molecule has 1 aromatic carbocycles. The predicted octanol–water partition coefficient (Wildman–Crippen LogP) is 3.16. The number of halogens is 1. The second-order valence-corrected chi connectivity index (χ2v) is 9.66. The number of nitrogens with zero attached hydrogens (tertiary/aromatic N) is 5. The van der Waals surface area contributed by atoms with Crippen LogP contribution in [-0.2, 0) is 9.59 Å². The predicted molar refractivity (Wildman–Crippen MR) is 130 cm³/mol. The molecule has 5 rings (SSSR count). The zero-order chi connectivity index (χ0) is 23.9. The molecule has 1 atom stereocenters. The first-order valence-electron chi connectivity index (χ1n) is 11.8. The Morgan fingerprint density at radius 1 is 1.09 bits per heavy atom. The van der Waals surface area contributed by atoms with Crippen LogP contribution in [0.25, 0.3) is 0 Å². The minimum absolute atomic E-state index is 0.0385. The summed E-state index contributed by atoms with van der Waals surface area (Å²) >= 11 is 5.92. The molecule has 0 aliphatic carbocycles. The number of carbonyl (C=O) groups excluding carboxylic acids is 3. The van der Waals surface area contributed by atoms with Gasteiger partial charge in [-0.15, -0.1) is 0 Å². The van der Waals surface area contributed by atoms with Crippen LogP contribution in [0.2, 0.25) is 5.02 Å². The van der Waals surface area contributed by atoms with E-state index in [4.69, 9.17) is 11.6 Å². The maximum Gasteiger partial charge on any atom is 0.257 e. The van der Waals surface area contributed by atoms with Crippen molar-refractivity contribution in [2.75, 3.05) is 42.5 Å². The van der Waals surface area contributed by atoms with Crippen LogP contribution in [-0.4, -0.2) is 70.9 Å². The van der Waals surface area contributed by atoms with Gasteiger partial charge in [-0.25, -0.2) is 4.98 Å². The van der Waals surface area contributed by atoms with Crippen molar-refractivity contribution in [1.29, 1.82) is 0 Å². The Labute approximate surface area is 204 Å². The van der Waals surface area contributed by atoms with Crippen LogP contribution in [0, 0.1) is 0 Å². The molecular weight excluding hydrogens is 454 g/mol. The maximum atomic E-state index is 13.3. The monoisotopic (exact) mass is 481 g/mol. The molecule has 2 fully saturated rings.